The van der Waals surface area contributed by atoms with Crippen LogP contribution in [0.3, 0.4) is 0 Å². The minimum atomic E-state index is -0.469. The van der Waals surface area contributed by atoms with Crippen LogP contribution in [0.2, 0.25) is 0 Å². The topological polar surface area (TPSA) is 55.8 Å². The Labute approximate surface area is 108 Å². The number of nitrogens with zero attached hydrogens (tertiary/aromatic N) is 1. The van der Waals surface area contributed by atoms with Crippen LogP contribution in [-0.2, 0) is 14.3 Å². The van der Waals surface area contributed by atoms with Crippen molar-refractivity contribution in [1.29, 1.82) is 0 Å². The first-order chi connectivity index (χ1) is 8.65. The number of rotatable bonds is 5. The summed E-state index contributed by atoms with van der Waals surface area (Å²) >= 11 is 0. The van der Waals surface area contributed by atoms with Gasteiger partial charge in [-0.25, -0.2) is 9.59 Å². The molecule has 1 fully saturated rings. The third-order valence-corrected chi connectivity index (χ3v) is 3.21. The molecule has 0 aromatic heterocycles. The molecule has 104 valence electrons. The third kappa shape index (κ3) is 3.37. The molecule has 1 amide bonds. The minimum Gasteiger partial charge on any atom is -0.464 e. The molecule has 2 atom stereocenters. The van der Waals surface area contributed by atoms with E-state index in [1.165, 1.54) is 4.90 Å². The van der Waals surface area contributed by atoms with Crippen molar-refractivity contribution >= 4 is 12.1 Å². The number of amides is 1. The lowest BCUT2D eigenvalue weighted by atomic mass is 9.95. The molecule has 5 heteroatoms. The molecule has 0 spiro atoms. The summed E-state index contributed by atoms with van der Waals surface area (Å²) in [5.74, 6) is -0.111. The fraction of sp³-hybridized carbons (Fsp3) is 0.846. The highest BCUT2D eigenvalue weighted by molar-refractivity contribution is 5.82. The lowest BCUT2D eigenvalue weighted by Gasteiger charge is -2.25. The van der Waals surface area contributed by atoms with Gasteiger partial charge in [0.2, 0.25) is 0 Å². The van der Waals surface area contributed by atoms with Crippen molar-refractivity contribution in [2.75, 3.05) is 19.8 Å². The first-order valence-corrected chi connectivity index (χ1v) is 6.75. The van der Waals surface area contributed by atoms with E-state index in [1.54, 1.807) is 13.8 Å². The summed E-state index contributed by atoms with van der Waals surface area (Å²) < 4.78 is 10.1. The highest BCUT2D eigenvalue weighted by atomic mass is 16.6. The Bertz CT molecular complexity index is 293. The summed E-state index contributed by atoms with van der Waals surface area (Å²) in [7, 11) is 0. The van der Waals surface area contributed by atoms with Gasteiger partial charge in [0.05, 0.1) is 13.2 Å². The van der Waals surface area contributed by atoms with Gasteiger partial charge in [-0.3, -0.25) is 4.90 Å². The third-order valence-electron chi connectivity index (χ3n) is 3.21. The molecular formula is C13H23NO4. The zero-order valence-corrected chi connectivity index (χ0v) is 11.5. The van der Waals surface area contributed by atoms with Crippen molar-refractivity contribution in [2.45, 2.75) is 46.1 Å². The Morgan fingerprint density at radius 1 is 1.17 bits per heavy atom. The lowest BCUT2D eigenvalue weighted by Crippen LogP contribution is -2.44. The molecule has 1 saturated heterocycles. The monoisotopic (exact) mass is 257 g/mol. The highest BCUT2D eigenvalue weighted by Gasteiger charge is 2.42. The van der Waals surface area contributed by atoms with E-state index in [-0.39, 0.29) is 11.9 Å². The van der Waals surface area contributed by atoms with E-state index in [0.29, 0.717) is 19.8 Å². The van der Waals surface area contributed by atoms with Crippen LogP contribution >= 0.6 is 0 Å². The van der Waals surface area contributed by atoms with E-state index in [4.69, 9.17) is 9.47 Å². The molecule has 1 rings (SSSR count). The molecule has 0 N–H and O–H groups in total. The molecule has 0 radical (unpaired) electrons. The van der Waals surface area contributed by atoms with Crippen molar-refractivity contribution in [3.05, 3.63) is 0 Å². The first kappa shape index (κ1) is 14.8. The second-order valence-electron chi connectivity index (χ2n) is 4.43. The maximum Gasteiger partial charge on any atom is 0.410 e. The molecule has 1 aliphatic heterocycles. The molecule has 0 aromatic carbocycles. The number of carbonyl (C=O) groups excluding carboxylic acids is 2. The smallest absolute Gasteiger partial charge is 0.410 e. The van der Waals surface area contributed by atoms with Crippen molar-refractivity contribution in [3.63, 3.8) is 0 Å². The summed E-state index contributed by atoms with van der Waals surface area (Å²) in [5.41, 5.74) is 0. The van der Waals surface area contributed by atoms with Crippen LogP contribution < -0.4 is 0 Å². The van der Waals surface area contributed by atoms with Crippen LogP contribution in [0.25, 0.3) is 0 Å². The SMILES string of the molecule is CCCC1CCN(C(=O)OCC)C1C(=O)OCC. The molecule has 0 aliphatic carbocycles. The Balaban J connectivity index is 2.76. The van der Waals surface area contributed by atoms with Gasteiger partial charge in [0.25, 0.3) is 0 Å². The molecule has 0 aromatic rings. The van der Waals surface area contributed by atoms with Gasteiger partial charge < -0.3 is 9.47 Å². The molecular weight excluding hydrogens is 234 g/mol. The summed E-state index contributed by atoms with van der Waals surface area (Å²) in [6.45, 7) is 6.85. The molecule has 18 heavy (non-hydrogen) atoms. The predicted molar refractivity (Wildman–Crippen MR) is 67.2 cm³/mol. The predicted octanol–water partition coefficient (Wildman–Crippen LogP) is 2.20. The quantitative estimate of drug-likeness (QED) is 0.708. The second-order valence-corrected chi connectivity index (χ2v) is 4.43. The van der Waals surface area contributed by atoms with Gasteiger partial charge in [-0.1, -0.05) is 13.3 Å². The number of hydrogen-bond donors (Lipinski definition) is 0. The van der Waals surface area contributed by atoms with Crippen LogP contribution in [0.15, 0.2) is 0 Å². The number of hydrogen-bond acceptors (Lipinski definition) is 4. The number of likely N-dealkylation sites (tertiary alicyclic amines) is 1. The van der Waals surface area contributed by atoms with Crippen molar-refractivity contribution in [3.8, 4) is 0 Å². The normalized spacial score (nSPS) is 22.9. The standard InChI is InChI=1S/C13H23NO4/c1-4-7-10-8-9-14(13(16)18-6-3)11(10)12(15)17-5-2/h10-11H,4-9H2,1-3H3. The molecule has 0 saturated carbocycles. The molecule has 5 nitrogen and oxygen atoms in total. The average molecular weight is 257 g/mol. The highest BCUT2D eigenvalue weighted by Crippen LogP contribution is 2.29. The van der Waals surface area contributed by atoms with Crippen molar-refractivity contribution in [1.82, 2.24) is 4.90 Å². The van der Waals surface area contributed by atoms with Gasteiger partial charge in [0.1, 0.15) is 6.04 Å². The Morgan fingerprint density at radius 2 is 1.83 bits per heavy atom. The van der Waals surface area contributed by atoms with E-state index in [9.17, 15) is 9.59 Å². The van der Waals surface area contributed by atoms with E-state index >= 15 is 0 Å². The summed E-state index contributed by atoms with van der Waals surface area (Å²) in [4.78, 5) is 25.3. The van der Waals surface area contributed by atoms with Crippen LogP contribution in [-0.4, -0.2) is 42.8 Å². The van der Waals surface area contributed by atoms with Gasteiger partial charge in [0.15, 0.2) is 0 Å². The lowest BCUT2D eigenvalue weighted by molar-refractivity contribution is -0.149. The van der Waals surface area contributed by atoms with Crippen LogP contribution in [0, 0.1) is 5.92 Å². The average Bonchev–Trinajstić information content (AvgIpc) is 2.74. The van der Waals surface area contributed by atoms with Gasteiger partial charge >= 0.3 is 12.1 Å². The Morgan fingerprint density at radius 3 is 2.39 bits per heavy atom. The Hall–Kier alpha value is -1.26. The zero-order valence-electron chi connectivity index (χ0n) is 11.5. The van der Waals surface area contributed by atoms with Gasteiger partial charge in [-0.2, -0.15) is 0 Å². The van der Waals surface area contributed by atoms with Gasteiger partial charge in [-0.05, 0) is 32.6 Å². The fourth-order valence-electron chi connectivity index (χ4n) is 2.49. The van der Waals surface area contributed by atoms with Crippen LogP contribution in [0.5, 0.6) is 0 Å². The summed E-state index contributed by atoms with van der Waals surface area (Å²) in [5, 5.41) is 0. The van der Waals surface area contributed by atoms with Crippen molar-refractivity contribution < 1.29 is 19.1 Å². The second kappa shape index (κ2) is 7.24. The first-order valence-electron chi connectivity index (χ1n) is 6.75. The van der Waals surface area contributed by atoms with Gasteiger partial charge in [0, 0.05) is 6.54 Å². The maximum atomic E-state index is 12.0. The molecule has 2 unspecified atom stereocenters. The molecule has 1 aliphatic rings. The molecule has 1 heterocycles. The fourth-order valence-corrected chi connectivity index (χ4v) is 2.49. The van der Waals surface area contributed by atoms with E-state index in [2.05, 4.69) is 6.92 Å². The van der Waals surface area contributed by atoms with E-state index < -0.39 is 12.1 Å². The van der Waals surface area contributed by atoms with E-state index in [0.717, 1.165) is 19.3 Å². The van der Waals surface area contributed by atoms with Crippen LogP contribution in [0.1, 0.15) is 40.0 Å². The minimum absolute atomic E-state index is 0.193. The number of carbonyl (C=O) groups is 2. The maximum absolute atomic E-state index is 12.0. The zero-order chi connectivity index (χ0) is 13.5. The summed E-state index contributed by atoms with van der Waals surface area (Å²) in [6.07, 6.45) is 2.36. The number of ether oxygens (including phenoxy) is 2. The van der Waals surface area contributed by atoms with Crippen molar-refractivity contribution in [2.24, 2.45) is 5.92 Å². The molecule has 0 bridgehead atoms. The summed E-state index contributed by atoms with van der Waals surface area (Å²) in [6, 6.07) is -0.469. The largest absolute Gasteiger partial charge is 0.464 e. The van der Waals surface area contributed by atoms with Crippen LogP contribution in [0.4, 0.5) is 4.79 Å². The van der Waals surface area contributed by atoms with E-state index in [1.807, 2.05) is 0 Å². The Kier molecular flexibility index (Phi) is 5.95. The van der Waals surface area contributed by atoms with Gasteiger partial charge in [-0.15, -0.1) is 0 Å². The number of esters is 1.